The maximum atomic E-state index is 15.2. The van der Waals surface area contributed by atoms with E-state index >= 15 is 4.39 Å². The van der Waals surface area contributed by atoms with Crippen LogP contribution in [0.3, 0.4) is 0 Å². The lowest BCUT2D eigenvalue weighted by Crippen LogP contribution is -2.36. The number of carbonyl (C=O) groups excluding carboxylic acids is 1. The Morgan fingerprint density at radius 1 is 1.04 bits per heavy atom. The molecule has 1 aliphatic heterocycles. The molecule has 232 valence electrons. The monoisotopic (exact) mass is 630 g/mol. The minimum atomic E-state index is -0.848. The van der Waals surface area contributed by atoms with E-state index in [1.54, 1.807) is 18.2 Å². The molecule has 45 heavy (non-hydrogen) atoms. The average molecular weight is 631 g/mol. The molecule has 11 heteroatoms. The number of methoxy groups -OCH3 is 2. The van der Waals surface area contributed by atoms with Gasteiger partial charge in [-0.3, -0.25) is 14.2 Å². The van der Waals surface area contributed by atoms with Crippen LogP contribution < -0.4 is 19.9 Å². The fourth-order valence-corrected chi connectivity index (χ4v) is 6.87. The molecule has 0 N–H and O–H groups in total. The van der Waals surface area contributed by atoms with Crippen molar-refractivity contribution < 1.29 is 23.0 Å². The van der Waals surface area contributed by atoms with Gasteiger partial charge in [0.1, 0.15) is 29.0 Å². The third-order valence-electron chi connectivity index (χ3n) is 8.25. The molecule has 0 spiro atoms. The van der Waals surface area contributed by atoms with Crippen molar-refractivity contribution >= 4 is 32.6 Å². The number of carbonyl (C=O) groups is 1. The number of halogens is 2. The van der Waals surface area contributed by atoms with Gasteiger partial charge in [0.05, 0.1) is 32.4 Å². The average Bonchev–Trinajstić information content (AvgIpc) is 3.71. The Balaban J connectivity index is 1.40. The molecule has 0 radical (unpaired) electrons. The summed E-state index contributed by atoms with van der Waals surface area (Å²) < 4.78 is 41.2. The molecule has 3 heterocycles. The third kappa shape index (κ3) is 6.04. The molecule has 2 aromatic heterocycles. The third-order valence-corrected chi connectivity index (χ3v) is 9.24. The van der Waals surface area contributed by atoms with Gasteiger partial charge in [-0.05, 0) is 48.6 Å². The molecule has 8 nitrogen and oxygen atoms in total. The molecular formula is C34H32F2N4O4S. The lowest BCUT2D eigenvalue weighted by Gasteiger charge is -2.24. The number of aromatic nitrogens is 3. The lowest BCUT2D eigenvalue weighted by molar-refractivity contribution is -0.120. The predicted octanol–water partition coefficient (Wildman–Crippen LogP) is 6.60. The summed E-state index contributed by atoms with van der Waals surface area (Å²) in [5.74, 6) is -0.340. The number of Topliss-reactive ketones (excluding diaryl/α,β-unsaturated/α-hetero) is 1. The van der Waals surface area contributed by atoms with Gasteiger partial charge >= 0.3 is 0 Å². The van der Waals surface area contributed by atoms with E-state index in [1.165, 1.54) is 36.2 Å². The summed E-state index contributed by atoms with van der Waals surface area (Å²) in [6, 6.07) is 17.9. The molecule has 1 fully saturated rings. The van der Waals surface area contributed by atoms with Crippen LogP contribution in [0.5, 0.6) is 11.5 Å². The largest absolute Gasteiger partial charge is 0.497 e. The highest BCUT2D eigenvalue weighted by Gasteiger charge is 2.34. The van der Waals surface area contributed by atoms with Crippen molar-refractivity contribution in [2.45, 2.75) is 44.7 Å². The SMILES string of the molecule is COc1ccc(Cn2c(-c3ccc(F)cc3F)nc3sc(N4CCC[C@@H]4C(=O)C[C@H](C)c4ccccc4)nc3c2=O)c(OC)c1. The van der Waals surface area contributed by atoms with Crippen LogP contribution in [0, 0.1) is 11.6 Å². The van der Waals surface area contributed by atoms with Crippen molar-refractivity contribution in [3.63, 3.8) is 0 Å². The minimum absolute atomic E-state index is 0.0177. The molecular weight excluding hydrogens is 598 g/mol. The van der Waals surface area contributed by atoms with E-state index in [4.69, 9.17) is 19.4 Å². The summed E-state index contributed by atoms with van der Waals surface area (Å²) in [7, 11) is 3.04. The quantitative estimate of drug-likeness (QED) is 0.172. The summed E-state index contributed by atoms with van der Waals surface area (Å²) >= 11 is 1.19. The Morgan fingerprint density at radius 2 is 1.84 bits per heavy atom. The first-order valence-electron chi connectivity index (χ1n) is 14.7. The van der Waals surface area contributed by atoms with Crippen molar-refractivity contribution in [1.82, 2.24) is 14.5 Å². The van der Waals surface area contributed by atoms with E-state index < -0.39 is 17.2 Å². The molecule has 1 saturated heterocycles. The van der Waals surface area contributed by atoms with Crippen molar-refractivity contribution in [3.05, 3.63) is 99.8 Å². The maximum Gasteiger partial charge on any atom is 0.281 e. The highest BCUT2D eigenvalue weighted by atomic mass is 32.1. The van der Waals surface area contributed by atoms with Crippen LogP contribution >= 0.6 is 11.3 Å². The second-order valence-corrected chi connectivity index (χ2v) is 12.1. The van der Waals surface area contributed by atoms with Crippen LogP contribution in [0.1, 0.15) is 43.2 Å². The summed E-state index contributed by atoms with van der Waals surface area (Å²) in [5.41, 5.74) is 1.33. The summed E-state index contributed by atoms with van der Waals surface area (Å²) in [4.78, 5) is 39.3. The van der Waals surface area contributed by atoms with E-state index in [-0.39, 0.29) is 41.2 Å². The van der Waals surface area contributed by atoms with E-state index in [9.17, 15) is 14.0 Å². The van der Waals surface area contributed by atoms with Crippen LogP contribution in [0.25, 0.3) is 21.7 Å². The molecule has 0 bridgehead atoms. The zero-order valence-corrected chi connectivity index (χ0v) is 25.9. The molecule has 5 aromatic rings. The van der Waals surface area contributed by atoms with Gasteiger partial charge in [-0.15, -0.1) is 0 Å². The van der Waals surface area contributed by atoms with Gasteiger partial charge in [-0.2, -0.15) is 0 Å². The van der Waals surface area contributed by atoms with Gasteiger partial charge in [0, 0.05) is 30.7 Å². The Morgan fingerprint density at radius 3 is 2.58 bits per heavy atom. The normalized spacial score (nSPS) is 15.4. The number of ketones is 1. The number of hydrogen-bond donors (Lipinski definition) is 0. The topological polar surface area (TPSA) is 86.5 Å². The van der Waals surface area contributed by atoms with Crippen molar-refractivity contribution in [1.29, 1.82) is 0 Å². The van der Waals surface area contributed by atoms with Crippen LogP contribution in [0.4, 0.5) is 13.9 Å². The van der Waals surface area contributed by atoms with Crippen molar-refractivity contribution in [2.75, 3.05) is 25.7 Å². The molecule has 0 unspecified atom stereocenters. The summed E-state index contributed by atoms with van der Waals surface area (Å²) in [6.07, 6.45) is 1.89. The second kappa shape index (κ2) is 12.8. The van der Waals surface area contributed by atoms with E-state index in [1.807, 2.05) is 42.2 Å². The van der Waals surface area contributed by atoms with Crippen LogP contribution in [0.15, 0.2) is 71.5 Å². The second-order valence-electron chi connectivity index (χ2n) is 11.1. The number of nitrogens with zero attached hydrogens (tertiary/aromatic N) is 4. The van der Waals surface area contributed by atoms with Crippen LogP contribution in [-0.2, 0) is 11.3 Å². The Hall–Kier alpha value is -4.64. The Kier molecular flexibility index (Phi) is 8.62. The standard InChI is InChI=1S/C34H32F2N4O4S/c1-20(21-8-5-4-6-9-21)16-28(41)27-10-7-15-39(27)34-37-30-32(45-34)38-31(25-14-12-23(35)17-26(25)36)40(33(30)42)19-22-11-13-24(43-2)18-29(22)44-3/h4-6,8-9,11-14,17-18,20,27H,7,10,15-16,19H2,1-3H3/t20-,27+/m0/s1. The number of ether oxygens (including phenoxy) is 2. The van der Waals surface area contributed by atoms with Gasteiger partial charge in [-0.25, -0.2) is 18.7 Å². The Bertz CT molecular complexity index is 1930. The van der Waals surface area contributed by atoms with Crippen molar-refractivity contribution in [2.24, 2.45) is 0 Å². The smallest absolute Gasteiger partial charge is 0.281 e. The van der Waals surface area contributed by atoms with E-state index in [0.717, 1.165) is 24.1 Å². The van der Waals surface area contributed by atoms with Crippen molar-refractivity contribution in [3.8, 4) is 22.9 Å². The number of benzene rings is 3. The zero-order chi connectivity index (χ0) is 31.7. The first-order chi connectivity index (χ1) is 21.8. The molecule has 0 aliphatic carbocycles. The molecule has 1 aliphatic rings. The molecule has 0 saturated carbocycles. The predicted molar refractivity (Wildman–Crippen MR) is 171 cm³/mol. The fourth-order valence-electron chi connectivity index (χ4n) is 5.86. The number of thiazole rings is 1. The van der Waals surface area contributed by atoms with E-state index in [2.05, 4.69) is 0 Å². The number of fused-ring (bicyclic) bond motifs is 1. The number of hydrogen-bond acceptors (Lipinski definition) is 8. The van der Waals surface area contributed by atoms with Gasteiger partial charge in [0.25, 0.3) is 5.56 Å². The summed E-state index contributed by atoms with van der Waals surface area (Å²) in [6.45, 7) is 2.65. The molecule has 2 atom stereocenters. The van der Waals surface area contributed by atoms with E-state index in [0.29, 0.717) is 46.4 Å². The number of rotatable bonds is 10. The Labute approximate surface area is 262 Å². The zero-order valence-electron chi connectivity index (χ0n) is 25.1. The van der Waals surface area contributed by atoms with Gasteiger partial charge in [-0.1, -0.05) is 48.6 Å². The fraction of sp³-hybridized carbons (Fsp3) is 0.294. The maximum absolute atomic E-state index is 15.2. The van der Waals surface area contributed by atoms with Gasteiger partial charge in [0.2, 0.25) is 0 Å². The van der Waals surface area contributed by atoms with Gasteiger partial charge in [0.15, 0.2) is 21.3 Å². The lowest BCUT2D eigenvalue weighted by atomic mass is 9.93. The minimum Gasteiger partial charge on any atom is -0.497 e. The van der Waals surface area contributed by atoms with Crippen LogP contribution in [0.2, 0.25) is 0 Å². The highest BCUT2D eigenvalue weighted by Crippen LogP contribution is 2.35. The first kappa shape index (κ1) is 30.4. The molecule has 3 aromatic carbocycles. The summed E-state index contributed by atoms with van der Waals surface area (Å²) in [5, 5.41) is 0.517. The highest BCUT2D eigenvalue weighted by molar-refractivity contribution is 7.21. The molecule has 6 rings (SSSR count). The number of anilines is 1. The van der Waals surface area contributed by atoms with Crippen LogP contribution in [-0.4, -0.2) is 47.1 Å². The first-order valence-corrected chi connectivity index (χ1v) is 15.5. The molecule has 0 amide bonds. The van der Waals surface area contributed by atoms with Gasteiger partial charge < -0.3 is 14.4 Å².